The van der Waals surface area contributed by atoms with Crippen molar-refractivity contribution in [1.82, 2.24) is 0 Å². The van der Waals surface area contributed by atoms with E-state index in [9.17, 15) is 5.11 Å². The van der Waals surface area contributed by atoms with Crippen LogP contribution in [-0.2, 0) is 6.42 Å². The number of hydrogen-bond acceptors (Lipinski definition) is 1. The molecule has 1 nitrogen and oxygen atoms in total. The zero-order chi connectivity index (χ0) is 12.5. The van der Waals surface area contributed by atoms with Crippen molar-refractivity contribution in [2.24, 2.45) is 5.92 Å². The second-order valence-electron chi connectivity index (χ2n) is 4.66. The lowest BCUT2D eigenvalue weighted by molar-refractivity contribution is 0.0945. The third-order valence-electron chi connectivity index (χ3n) is 3.24. The molecule has 0 fully saturated rings. The lowest BCUT2D eigenvalue weighted by Gasteiger charge is -2.21. The average molecular weight is 232 g/mol. The van der Waals surface area contributed by atoms with Crippen molar-refractivity contribution in [3.05, 3.63) is 48.6 Å². The molecule has 2 atom stereocenters. The van der Waals surface area contributed by atoms with Gasteiger partial charge in [0.05, 0.1) is 6.10 Å². The molecule has 1 heteroatoms. The standard InChI is InChI=1S/C16H24O/c1-3-8-15(16(17)9-4-2)13-12-14-10-6-5-7-11-14/h3,5-7,10-11,15-17H,1,4,8-9,12-13H2,2H3. The third-order valence-corrected chi connectivity index (χ3v) is 3.24. The molecule has 0 aliphatic rings. The van der Waals surface area contributed by atoms with Gasteiger partial charge in [-0.1, -0.05) is 49.8 Å². The fraction of sp³-hybridized carbons (Fsp3) is 0.500. The Hall–Kier alpha value is -1.08. The van der Waals surface area contributed by atoms with Crippen LogP contribution in [0.1, 0.15) is 38.2 Å². The van der Waals surface area contributed by atoms with Crippen molar-refractivity contribution < 1.29 is 5.11 Å². The van der Waals surface area contributed by atoms with Crippen LogP contribution in [0, 0.1) is 5.92 Å². The molecule has 94 valence electrons. The van der Waals surface area contributed by atoms with Gasteiger partial charge in [0.2, 0.25) is 0 Å². The molecule has 0 heterocycles. The van der Waals surface area contributed by atoms with E-state index in [4.69, 9.17) is 0 Å². The summed E-state index contributed by atoms with van der Waals surface area (Å²) in [6, 6.07) is 10.5. The van der Waals surface area contributed by atoms with Gasteiger partial charge >= 0.3 is 0 Å². The zero-order valence-corrected chi connectivity index (χ0v) is 10.8. The van der Waals surface area contributed by atoms with E-state index in [0.29, 0.717) is 5.92 Å². The van der Waals surface area contributed by atoms with Crippen molar-refractivity contribution in [3.8, 4) is 0 Å². The van der Waals surface area contributed by atoms with E-state index in [2.05, 4.69) is 37.8 Å². The molecule has 0 spiro atoms. The van der Waals surface area contributed by atoms with Crippen LogP contribution in [0.5, 0.6) is 0 Å². The summed E-state index contributed by atoms with van der Waals surface area (Å²) in [7, 11) is 0. The zero-order valence-electron chi connectivity index (χ0n) is 10.8. The second kappa shape index (κ2) is 8.08. The highest BCUT2D eigenvalue weighted by Gasteiger charge is 2.16. The van der Waals surface area contributed by atoms with Gasteiger partial charge in [0.25, 0.3) is 0 Å². The van der Waals surface area contributed by atoms with Crippen LogP contribution in [0.15, 0.2) is 43.0 Å². The van der Waals surface area contributed by atoms with E-state index in [1.54, 1.807) is 0 Å². The predicted molar refractivity (Wildman–Crippen MR) is 74.0 cm³/mol. The molecular weight excluding hydrogens is 208 g/mol. The average Bonchev–Trinajstić information content (AvgIpc) is 2.36. The Morgan fingerprint density at radius 1 is 1.24 bits per heavy atom. The lowest BCUT2D eigenvalue weighted by Crippen LogP contribution is -2.20. The lowest BCUT2D eigenvalue weighted by atomic mass is 9.89. The van der Waals surface area contributed by atoms with E-state index >= 15 is 0 Å². The van der Waals surface area contributed by atoms with Crippen molar-refractivity contribution in [2.75, 3.05) is 0 Å². The van der Waals surface area contributed by atoms with E-state index in [1.165, 1.54) is 5.56 Å². The van der Waals surface area contributed by atoms with Crippen LogP contribution in [0.4, 0.5) is 0 Å². The van der Waals surface area contributed by atoms with Gasteiger partial charge in [-0.2, -0.15) is 0 Å². The molecule has 1 rings (SSSR count). The summed E-state index contributed by atoms with van der Waals surface area (Å²) in [5.74, 6) is 0.354. The van der Waals surface area contributed by atoms with E-state index < -0.39 is 0 Å². The Kier molecular flexibility index (Phi) is 6.64. The van der Waals surface area contributed by atoms with E-state index in [0.717, 1.165) is 32.1 Å². The SMILES string of the molecule is C=CCC(CCc1ccccc1)C(O)CCC. The maximum absolute atomic E-state index is 10.1. The van der Waals surface area contributed by atoms with Gasteiger partial charge in [0.1, 0.15) is 0 Å². The minimum absolute atomic E-state index is 0.179. The van der Waals surface area contributed by atoms with Crippen LogP contribution < -0.4 is 0 Å². The van der Waals surface area contributed by atoms with Crippen molar-refractivity contribution in [1.29, 1.82) is 0 Å². The summed E-state index contributed by atoms with van der Waals surface area (Å²) in [5, 5.41) is 10.1. The van der Waals surface area contributed by atoms with Crippen molar-refractivity contribution in [2.45, 2.75) is 45.1 Å². The second-order valence-corrected chi connectivity index (χ2v) is 4.66. The number of hydrogen-bond donors (Lipinski definition) is 1. The third kappa shape index (κ3) is 5.18. The summed E-state index contributed by atoms with van der Waals surface area (Å²) < 4.78 is 0. The number of aliphatic hydroxyl groups is 1. The first-order valence-corrected chi connectivity index (χ1v) is 6.60. The Morgan fingerprint density at radius 2 is 1.94 bits per heavy atom. The van der Waals surface area contributed by atoms with E-state index in [-0.39, 0.29) is 6.10 Å². The molecule has 1 N–H and O–H groups in total. The largest absolute Gasteiger partial charge is 0.393 e. The maximum Gasteiger partial charge on any atom is 0.0571 e. The number of rotatable bonds is 8. The Labute approximate surface area is 105 Å². The summed E-state index contributed by atoms with van der Waals surface area (Å²) >= 11 is 0. The highest BCUT2D eigenvalue weighted by atomic mass is 16.3. The smallest absolute Gasteiger partial charge is 0.0571 e. The quantitative estimate of drug-likeness (QED) is 0.672. The van der Waals surface area contributed by atoms with Gasteiger partial charge in [0, 0.05) is 0 Å². The van der Waals surface area contributed by atoms with Gasteiger partial charge < -0.3 is 5.11 Å². The summed E-state index contributed by atoms with van der Waals surface area (Å²) in [5.41, 5.74) is 1.35. The van der Waals surface area contributed by atoms with Crippen LogP contribution in [0.3, 0.4) is 0 Å². The van der Waals surface area contributed by atoms with Gasteiger partial charge in [-0.15, -0.1) is 6.58 Å². The molecule has 0 aliphatic heterocycles. The molecule has 0 radical (unpaired) electrons. The summed E-state index contributed by atoms with van der Waals surface area (Å²) in [6.45, 7) is 5.90. The van der Waals surface area contributed by atoms with Gasteiger partial charge in [0.15, 0.2) is 0 Å². The first-order chi connectivity index (χ1) is 8.27. The minimum atomic E-state index is -0.179. The minimum Gasteiger partial charge on any atom is -0.393 e. The number of aryl methyl sites for hydroxylation is 1. The molecule has 17 heavy (non-hydrogen) atoms. The maximum atomic E-state index is 10.1. The number of aliphatic hydroxyl groups excluding tert-OH is 1. The topological polar surface area (TPSA) is 20.2 Å². The molecule has 0 aliphatic carbocycles. The fourth-order valence-electron chi connectivity index (χ4n) is 2.21. The van der Waals surface area contributed by atoms with Crippen molar-refractivity contribution >= 4 is 0 Å². The molecule has 1 aromatic rings. The molecular formula is C16H24O. The normalized spacial score (nSPS) is 14.2. The fourth-order valence-corrected chi connectivity index (χ4v) is 2.21. The molecule has 0 aromatic heterocycles. The van der Waals surface area contributed by atoms with Crippen LogP contribution in [0.2, 0.25) is 0 Å². The molecule has 0 amide bonds. The van der Waals surface area contributed by atoms with Gasteiger partial charge in [-0.3, -0.25) is 0 Å². The predicted octanol–water partition coefficient (Wildman–Crippen LogP) is 3.97. The van der Waals surface area contributed by atoms with E-state index in [1.807, 2.05) is 12.1 Å². The Balaban J connectivity index is 2.46. The Bertz CT molecular complexity index is 305. The van der Waals surface area contributed by atoms with Gasteiger partial charge in [-0.05, 0) is 37.2 Å². The molecule has 0 saturated carbocycles. The van der Waals surface area contributed by atoms with Gasteiger partial charge in [-0.25, -0.2) is 0 Å². The van der Waals surface area contributed by atoms with Crippen LogP contribution in [-0.4, -0.2) is 11.2 Å². The molecule has 2 unspecified atom stereocenters. The summed E-state index contributed by atoms with van der Waals surface area (Å²) in [4.78, 5) is 0. The molecule has 1 aromatic carbocycles. The highest BCUT2D eigenvalue weighted by Crippen LogP contribution is 2.20. The Morgan fingerprint density at radius 3 is 2.53 bits per heavy atom. The first kappa shape index (κ1) is 14.0. The summed E-state index contributed by atoms with van der Waals surface area (Å²) in [6.07, 6.45) is 6.68. The van der Waals surface area contributed by atoms with Crippen molar-refractivity contribution in [3.63, 3.8) is 0 Å². The number of allylic oxidation sites excluding steroid dienone is 1. The molecule has 0 saturated heterocycles. The number of benzene rings is 1. The first-order valence-electron chi connectivity index (χ1n) is 6.60. The molecule has 0 bridgehead atoms. The van der Waals surface area contributed by atoms with Crippen LogP contribution in [0.25, 0.3) is 0 Å². The monoisotopic (exact) mass is 232 g/mol. The highest BCUT2D eigenvalue weighted by molar-refractivity contribution is 5.14. The van der Waals surface area contributed by atoms with Crippen LogP contribution >= 0.6 is 0 Å².